The van der Waals surface area contributed by atoms with Gasteiger partial charge in [-0.3, -0.25) is 9.59 Å². The van der Waals surface area contributed by atoms with Crippen molar-refractivity contribution in [3.8, 4) is 0 Å². The molecule has 1 amide bonds. The minimum absolute atomic E-state index is 0. The average molecular weight is 434 g/mol. The summed E-state index contributed by atoms with van der Waals surface area (Å²) in [6.07, 6.45) is 4.10. The van der Waals surface area contributed by atoms with Gasteiger partial charge in [0, 0.05) is 29.7 Å². The number of pyridine rings is 1. The van der Waals surface area contributed by atoms with Crippen LogP contribution in [0, 0.1) is 0 Å². The molecule has 5 nitrogen and oxygen atoms in total. The monoisotopic (exact) mass is 433 g/mol. The highest BCUT2D eigenvalue weighted by Gasteiger charge is 2.15. The molecule has 1 heterocycles. The zero-order valence-corrected chi connectivity index (χ0v) is 17.6. The Morgan fingerprint density at radius 3 is 2.59 bits per heavy atom. The summed E-state index contributed by atoms with van der Waals surface area (Å²) in [6.45, 7) is 1.61. The number of hydrogen-bond donors (Lipinski definition) is 2. The van der Waals surface area contributed by atoms with Crippen molar-refractivity contribution in [2.45, 2.75) is 25.8 Å². The molecule has 0 atom stereocenters. The Bertz CT molecular complexity index is 1020. The number of nitrogens with one attached hydrogen (secondary N) is 1. The minimum atomic E-state index is -0.368. The smallest absolute Gasteiger partial charge is 0.256 e. The molecular formula is C22H25Cl2N3O2. The predicted molar refractivity (Wildman–Crippen MR) is 121 cm³/mol. The summed E-state index contributed by atoms with van der Waals surface area (Å²) in [4.78, 5) is 25.3. The average Bonchev–Trinajstić information content (AvgIpc) is 2.70. The SMILES string of the molecule is Cl.NCCCNC(=O)c1cn(CCCc2ccccc2)c2cc(Cl)ccc2c1=O. The molecule has 0 radical (unpaired) electrons. The van der Waals surface area contributed by atoms with Crippen LogP contribution in [0.1, 0.15) is 28.8 Å². The second kappa shape index (κ2) is 11.0. The second-order valence-corrected chi connectivity index (χ2v) is 7.15. The molecule has 0 spiro atoms. The molecule has 3 rings (SSSR count). The molecule has 0 aliphatic carbocycles. The number of fused-ring (bicyclic) bond motifs is 1. The number of rotatable bonds is 8. The standard InChI is InChI=1S/C22H24ClN3O2.ClH/c23-17-9-10-18-20(14-17)26(13-4-8-16-6-2-1-3-7-16)15-19(21(18)27)22(28)25-12-5-11-24;/h1-3,6-7,9-10,14-15H,4-5,8,11-13,24H2,(H,25,28);1H. The fourth-order valence-corrected chi connectivity index (χ4v) is 3.37. The van der Waals surface area contributed by atoms with Crippen LogP contribution in [0.3, 0.4) is 0 Å². The first kappa shape index (κ1) is 22.9. The third kappa shape index (κ3) is 5.82. The molecule has 0 aliphatic rings. The van der Waals surface area contributed by atoms with Crippen molar-refractivity contribution in [3.63, 3.8) is 0 Å². The maximum Gasteiger partial charge on any atom is 0.256 e. The fraction of sp³-hybridized carbons (Fsp3) is 0.273. The lowest BCUT2D eigenvalue weighted by molar-refractivity contribution is 0.0952. The topological polar surface area (TPSA) is 77.1 Å². The minimum Gasteiger partial charge on any atom is -0.352 e. The molecule has 7 heteroatoms. The number of nitrogens with two attached hydrogens (primary N) is 1. The Balaban J connectivity index is 0.00000300. The Morgan fingerprint density at radius 1 is 1.10 bits per heavy atom. The summed E-state index contributed by atoms with van der Waals surface area (Å²) in [7, 11) is 0. The summed E-state index contributed by atoms with van der Waals surface area (Å²) in [5.74, 6) is -0.368. The molecule has 0 unspecified atom stereocenters. The number of carbonyl (C=O) groups excluding carboxylic acids is 1. The van der Waals surface area contributed by atoms with Crippen molar-refractivity contribution >= 4 is 40.8 Å². The summed E-state index contributed by atoms with van der Waals surface area (Å²) in [5, 5.41) is 3.82. The van der Waals surface area contributed by atoms with Crippen LogP contribution >= 0.6 is 24.0 Å². The van der Waals surface area contributed by atoms with E-state index in [4.69, 9.17) is 17.3 Å². The third-order valence-corrected chi connectivity index (χ3v) is 4.90. The van der Waals surface area contributed by atoms with Gasteiger partial charge in [0.25, 0.3) is 5.91 Å². The summed E-state index contributed by atoms with van der Waals surface area (Å²) >= 11 is 6.15. The van der Waals surface area contributed by atoms with Gasteiger partial charge in [-0.15, -0.1) is 12.4 Å². The van der Waals surface area contributed by atoms with Crippen LogP contribution in [0.4, 0.5) is 0 Å². The van der Waals surface area contributed by atoms with Crippen LogP contribution in [0.2, 0.25) is 5.02 Å². The van der Waals surface area contributed by atoms with Gasteiger partial charge in [-0.1, -0.05) is 41.9 Å². The van der Waals surface area contributed by atoms with E-state index in [0.717, 1.165) is 18.4 Å². The molecular weight excluding hydrogens is 409 g/mol. The number of nitrogens with zero attached hydrogens (tertiary/aromatic N) is 1. The molecule has 0 bridgehead atoms. The first-order chi connectivity index (χ1) is 13.6. The number of benzene rings is 2. The van der Waals surface area contributed by atoms with Gasteiger partial charge in [0.15, 0.2) is 0 Å². The Hall–Kier alpha value is -2.34. The summed E-state index contributed by atoms with van der Waals surface area (Å²) < 4.78 is 1.95. The van der Waals surface area contributed by atoms with Crippen molar-refractivity contribution in [1.82, 2.24) is 9.88 Å². The maximum atomic E-state index is 12.8. The van der Waals surface area contributed by atoms with E-state index in [1.54, 1.807) is 24.4 Å². The van der Waals surface area contributed by atoms with E-state index < -0.39 is 0 Å². The van der Waals surface area contributed by atoms with Crippen molar-refractivity contribution in [2.24, 2.45) is 5.73 Å². The van der Waals surface area contributed by atoms with Crippen molar-refractivity contribution in [2.75, 3.05) is 13.1 Å². The van der Waals surface area contributed by atoms with E-state index in [-0.39, 0.29) is 29.3 Å². The van der Waals surface area contributed by atoms with Crippen LogP contribution in [-0.2, 0) is 13.0 Å². The Kier molecular flexibility index (Phi) is 8.70. The number of halogens is 2. The maximum absolute atomic E-state index is 12.8. The Labute approximate surface area is 181 Å². The lowest BCUT2D eigenvalue weighted by Crippen LogP contribution is -2.31. The van der Waals surface area contributed by atoms with E-state index >= 15 is 0 Å². The zero-order chi connectivity index (χ0) is 19.9. The molecule has 1 aromatic heterocycles. The van der Waals surface area contributed by atoms with Crippen molar-refractivity contribution in [1.29, 1.82) is 0 Å². The molecule has 0 saturated heterocycles. The molecule has 3 aromatic rings. The van der Waals surface area contributed by atoms with E-state index in [1.807, 2.05) is 22.8 Å². The number of aromatic nitrogens is 1. The van der Waals surface area contributed by atoms with E-state index in [2.05, 4.69) is 17.4 Å². The first-order valence-electron chi connectivity index (χ1n) is 9.45. The lowest BCUT2D eigenvalue weighted by Gasteiger charge is -2.14. The van der Waals surface area contributed by atoms with Crippen LogP contribution in [0.5, 0.6) is 0 Å². The highest BCUT2D eigenvalue weighted by atomic mass is 35.5. The second-order valence-electron chi connectivity index (χ2n) is 6.71. The normalized spacial score (nSPS) is 10.6. The van der Waals surface area contributed by atoms with Crippen LogP contribution in [-0.4, -0.2) is 23.6 Å². The molecule has 0 saturated carbocycles. The quantitative estimate of drug-likeness (QED) is 0.530. The van der Waals surface area contributed by atoms with E-state index in [9.17, 15) is 9.59 Å². The van der Waals surface area contributed by atoms with Gasteiger partial charge in [0.1, 0.15) is 5.56 Å². The number of carbonyl (C=O) groups is 1. The van der Waals surface area contributed by atoms with Gasteiger partial charge < -0.3 is 15.6 Å². The first-order valence-corrected chi connectivity index (χ1v) is 9.83. The van der Waals surface area contributed by atoms with E-state index in [0.29, 0.717) is 36.5 Å². The number of hydrogen-bond acceptors (Lipinski definition) is 3. The van der Waals surface area contributed by atoms with Crippen LogP contribution < -0.4 is 16.5 Å². The fourth-order valence-electron chi connectivity index (χ4n) is 3.21. The molecule has 0 fully saturated rings. The molecule has 29 heavy (non-hydrogen) atoms. The molecule has 0 aliphatic heterocycles. The number of aryl methyl sites for hydroxylation is 2. The third-order valence-electron chi connectivity index (χ3n) is 4.66. The van der Waals surface area contributed by atoms with Crippen LogP contribution in [0.15, 0.2) is 59.5 Å². The van der Waals surface area contributed by atoms with Crippen molar-refractivity contribution in [3.05, 3.63) is 81.1 Å². The summed E-state index contributed by atoms with van der Waals surface area (Å²) in [5.41, 5.74) is 7.33. The van der Waals surface area contributed by atoms with Gasteiger partial charge in [0.05, 0.1) is 5.52 Å². The largest absolute Gasteiger partial charge is 0.352 e. The molecule has 154 valence electrons. The highest BCUT2D eigenvalue weighted by Crippen LogP contribution is 2.19. The molecule has 2 aromatic carbocycles. The predicted octanol–water partition coefficient (Wildman–Crippen LogP) is 3.79. The van der Waals surface area contributed by atoms with Gasteiger partial charge in [-0.25, -0.2) is 0 Å². The van der Waals surface area contributed by atoms with Gasteiger partial charge in [-0.05, 0) is 49.6 Å². The Morgan fingerprint density at radius 2 is 1.86 bits per heavy atom. The van der Waals surface area contributed by atoms with Gasteiger partial charge >= 0.3 is 0 Å². The summed E-state index contributed by atoms with van der Waals surface area (Å²) in [6, 6.07) is 15.4. The highest BCUT2D eigenvalue weighted by molar-refractivity contribution is 6.31. The lowest BCUT2D eigenvalue weighted by atomic mass is 10.1. The molecule has 3 N–H and O–H groups in total. The van der Waals surface area contributed by atoms with Crippen LogP contribution in [0.25, 0.3) is 10.9 Å². The van der Waals surface area contributed by atoms with Gasteiger partial charge in [-0.2, -0.15) is 0 Å². The zero-order valence-electron chi connectivity index (χ0n) is 16.1. The van der Waals surface area contributed by atoms with Crippen molar-refractivity contribution < 1.29 is 4.79 Å². The van der Waals surface area contributed by atoms with Gasteiger partial charge in [0.2, 0.25) is 5.43 Å². The number of amides is 1. The van der Waals surface area contributed by atoms with E-state index in [1.165, 1.54) is 5.56 Å².